The van der Waals surface area contributed by atoms with Crippen LogP contribution < -0.4 is 4.74 Å². The van der Waals surface area contributed by atoms with Crippen LogP contribution >= 0.6 is 22.6 Å². The smallest absolute Gasteiger partial charge is 0.234 e. The molecular weight excluding hydrogens is 757 g/mol. The highest BCUT2D eigenvalue weighted by molar-refractivity contribution is 14.1. The fourth-order valence-electron chi connectivity index (χ4n) is 8.37. The van der Waals surface area contributed by atoms with E-state index in [2.05, 4.69) is 51.5 Å². The molecule has 9 nitrogen and oxygen atoms in total. The van der Waals surface area contributed by atoms with E-state index in [9.17, 15) is 24.9 Å². The van der Waals surface area contributed by atoms with E-state index in [4.69, 9.17) is 4.74 Å². The van der Waals surface area contributed by atoms with Gasteiger partial charge < -0.3 is 20.1 Å². The van der Waals surface area contributed by atoms with Crippen LogP contribution in [-0.4, -0.2) is 80.9 Å². The zero-order valence-electron chi connectivity index (χ0n) is 29.4. The summed E-state index contributed by atoms with van der Waals surface area (Å²) in [5.74, 6) is -1.67. The molecule has 3 heterocycles. The van der Waals surface area contributed by atoms with Crippen molar-refractivity contribution < 1.29 is 29.6 Å². The quantitative estimate of drug-likeness (QED) is 0.102. The van der Waals surface area contributed by atoms with E-state index < -0.39 is 23.9 Å². The third-order valence-corrected chi connectivity index (χ3v) is 11.6. The van der Waals surface area contributed by atoms with Crippen molar-refractivity contribution in [3.63, 3.8) is 0 Å². The second-order valence-corrected chi connectivity index (χ2v) is 15.1. The van der Waals surface area contributed by atoms with Crippen LogP contribution in [-0.2, 0) is 16.1 Å². The Hall–Kier alpha value is -3.58. The number of piperidine rings is 1. The number of hydrogen-bond acceptors (Lipinski definition) is 8. The molecule has 10 heteroatoms. The molecule has 4 atom stereocenters. The number of allylic oxidation sites excluding steroid dienone is 2. The SMILES string of the molecule is CCCC1=C([C@H](O)CC/C(=C/c2cc(I)c(O)c(OC)c2)c2ccccn2)[C@H](CO)[C@@H]2C(=O)N(C3CCN(Cc4ccccc4)CC3)C(=O)[C@@H]2C1. The lowest BCUT2D eigenvalue weighted by molar-refractivity contribution is -0.144. The Kier molecular flexibility index (Phi) is 12.3. The zero-order chi connectivity index (χ0) is 36.1. The summed E-state index contributed by atoms with van der Waals surface area (Å²) in [5, 5.41) is 33.2. The molecule has 51 heavy (non-hydrogen) atoms. The molecule has 2 fully saturated rings. The van der Waals surface area contributed by atoms with Crippen molar-refractivity contribution in [3.05, 3.63) is 98.4 Å². The van der Waals surface area contributed by atoms with Gasteiger partial charge in [-0.05, 0) is 114 Å². The minimum absolute atomic E-state index is 0.0816. The molecule has 3 aliphatic rings. The third-order valence-electron chi connectivity index (χ3n) is 10.8. The van der Waals surface area contributed by atoms with Gasteiger partial charge in [-0.3, -0.25) is 24.4 Å². The average molecular weight is 806 g/mol. The molecule has 0 unspecified atom stereocenters. The highest BCUT2D eigenvalue weighted by atomic mass is 127. The van der Waals surface area contributed by atoms with E-state index in [-0.39, 0.29) is 30.2 Å². The van der Waals surface area contributed by atoms with Crippen molar-refractivity contribution in [1.82, 2.24) is 14.8 Å². The molecule has 1 aliphatic carbocycles. The van der Waals surface area contributed by atoms with Crippen molar-refractivity contribution >= 4 is 46.1 Å². The molecule has 2 aromatic carbocycles. The van der Waals surface area contributed by atoms with Crippen molar-refractivity contribution in [2.75, 3.05) is 26.8 Å². The molecule has 3 aromatic rings. The maximum atomic E-state index is 14.2. The van der Waals surface area contributed by atoms with E-state index in [1.165, 1.54) is 17.6 Å². The van der Waals surface area contributed by atoms with E-state index in [0.29, 0.717) is 35.0 Å². The molecule has 0 saturated carbocycles. The number of rotatable bonds is 13. The number of ether oxygens (including phenoxy) is 1. The molecule has 270 valence electrons. The van der Waals surface area contributed by atoms with E-state index in [0.717, 1.165) is 66.9 Å². The number of aliphatic hydroxyl groups is 2. The Morgan fingerprint density at radius 3 is 2.49 bits per heavy atom. The summed E-state index contributed by atoms with van der Waals surface area (Å²) in [5.41, 5.74) is 5.44. The van der Waals surface area contributed by atoms with E-state index in [1.807, 2.05) is 48.5 Å². The summed E-state index contributed by atoms with van der Waals surface area (Å²) < 4.78 is 6.04. The van der Waals surface area contributed by atoms with Gasteiger partial charge >= 0.3 is 0 Å². The second kappa shape index (κ2) is 16.8. The van der Waals surface area contributed by atoms with Gasteiger partial charge in [-0.25, -0.2) is 0 Å². The Labute approximate surface area is 314 Å². The first-order chi connectivity index (χ1) is 24.7. The van der Waals surface area contributed by atoms with Gasteiger partial charge in [0, 0.05) is 37.8 Å². The maximum Gasteiger partial charge on any atom is 0.234 e. The first-order valence-corrected chi connectivity index (χ1v) is 19.1. The van der Waals surface area contributed by atoms with Gasteiger partial charge in [-0.2, -0.15) is 0 Å². The first kappa shape index (κ1) is 37.2. The minimum Gasteiger partial charge on any atom is -0.504 e. The largest absolute Gasteiger partial charge is 0.504 e. The van der Waals surface area contributed by atoms with Crippen LogP contribution in [0.5, 0.6) is 11.5 Å². The van der Waals surface area contributed by atoms with Crippen molar-refractivity contribution in [2.24, 2.45) is 17.8 Å². The predicted octanol–water partition coefficient (Wildman–Crippen LogP) is 6.46. The fraction of sp³-hybridized carbons (Fsp3) is 0.439. The number of fused-ring (bicyclic) bond motifs is 1. The maximum absolute atomic E-state index is 14.2. The Morgan fingerprint density at radius 1 is 1.08 bits per heavy atom. The molecule has 2 amide bonds. The van der Waals surface area contributed by atoms with Crippen LogP contribution in [0.4, 0.5) is 0 Å². The van der Waals surface area contributed by atoms with Crippen molar-refractivity contribution in [3.8, 4) is 11.5 Å². The van der Waals surface area contributed by atoms with Crippen molar-refractivity contribution in [2.45, 2.75) is 70.6 Å². The number of aromatic nitrogens is 1. The number of phenolic OH excluding ortho intramolecular Hbond substituents is 1. The van der Waals surface area contributed by atoms with Gasteiger partial charge in [0.15, 0.2) is 11.5 Å². The van der Waals surface area contributed by atoms with Crippen LogP contribution in [0.15, 0.2) is 78.0 Å². The Morgan fingerprint density at radius 2 is 1.82 bits per heavy atom. The fourth-order valence-corrected chi connectivity index (χ4v) is 8.99. The number of benzene rings is 2. The van der Waals surface area contributed by atoms with Crippen molar-refractivity contribution in [1.29, 1.82) is 0 Å². The number of phenols is 1. The number of aromatic hydroxyl groups is 1. The Balaban J connectivity index is 1.21. The zero-order valence-corrected chi connectivity index (χ0v) is 31.5. The van der Waals surface area contributed by atoms with Gasteiger partial charge in [0.2, 0.25) is 11.8 Å². The van der Waals surface area contributed by atoms with Crippen LogP contribution in [0.25, 0.3) is 11.6 Å². The summed E-state index contributed by atoms with van der Waals surface area (Å²) in [4.78, 5) is 36.7. The number of pyridine rings is 1. The monoisotopic (exact) mass is 805 g/mol. The number of methoxy groups -OCH3 is 1. The topological polar surface area (TPSA) is 123 Å². The highest BCUT2D eigenvalue weighted by Gasteiger charge is 2.56. The Bertz CT molecular complexity index is 1760. The molecule has 2 saturated heterocycles. The van der Waals surface area contributed by atoms with Gasteiger partial charge in [0.05, 0.1) is 40.9 Å². The number of carbonyl (C=O) groups is 2. The van der Waals surface area contributed by atoms with Gasteiger partial charge in [0.25, 0.3) is 0 Å². The standard InChI is InChI=1S/C41H48IN3O6/c1-3-9-29-23-31-38(41(50)45(40(31)49)30-15-18-44(19-16-30)24-26-10-5-4-6-11-26)32(25-46)37(29)35(47)14-13-28(34-12-7-8-17-43-34)20-27-21-33(42)39(48)36(22-27)51-2/h4-8,10-12,17,20-22,30-32,35,38,46-48H,3,9,13-16,18-19,23-25H2,1-2H3/b28-20-/t31-,32+,35-,38-/m1/s1. The number of hydrogen-bond donors (Lipinski definition) is 3. The summed E-state index contributed by atoms with van der Waals surface area (Å²) >= 11 is 2.07. The molecular formula is C41H48IN3O6. The number of halogens is 1. The highest BCUT2D eigenvalue weighted by Crippen LogP contribution is 2.48. The van der Waals surface area contributed by atoms with Gasteiger partial charge in [-0.15, -0.1) is 0 Å². The van der Waals surface area contributed by atoms with Crippen LogP contribution in [0.1, 0.15) is 68.7 Å². The molecule has 0 radical (unpaired) electrons. The third kappa shape index (κ3) is 8.09. The number of amides is 2. The molecule has 6 rings (SSSR count). The lowest BCUT2D eigenvalue weighted by Gasteiger charge is -2.37. The number of nitrogens with zero attached hydrogens (tertiary/aromatic N) is 3. The summed E-state index contributed by atoms with van der Waals surface area (Å²) in [6.45, 7) is 4.22. The lowest BCUT2D eigenvalue weighted by Crippen LogP contribution is -2.47. The number of aliphatic hydroxyl groups excluding tert-OH is 2. The number of imide groups is 1. The minimum atomic E-state index is -0.913. The van der Waals surface area contributed by atoms with Crippen LogP contribution in [0.2, 0.25) is 0 Å². The predicted molar refractivity (Wildman–Crippen MR) is 205 cm³/mol. The summed E-state index contributed by atoms with van der Waals surface area (Å²) in [7, 11) is 1.51. The average Bonchev–Trinajstić information content (AvgIpc) is 3.40. The summed E-state index contributed by atoms with van der Waals surface area (Å²) in [6, 6.07) is 19.5. The first-order valence-electron chi connectivity index (χ1n) is 18.1. The molecule has 0 spiro atoms. The molecule has 0 bridgehead atoms. The second-order valence-electron chi connectivity index (χ2n) is 14.0. The van der Waals surface area contributed by atoms with Crippen LogP contribution in [0.3, 0.4) is 0 Å². The molecule has 2 aliphatic heterocycles. The van der Waals surface area contributed by atoms with E-state index >= 15 is 0 Å². The molecule has 3 N–H and O–H groups in total. The van der Waals surface area contributed by atoms with Crippen LogP contribution in [0, 0.1) is 21.3 Å². The lowest BCUT2D eigenvalue weighted by atomic mass is 9.67. The number of carbonyl (C=O) groups excluding carboxylic acids is 2. The number of likely N-dealkylation sites (tertiary alicyclic amines) is 2. The molecule has 1 aromatic heterocycles. The van der Waals surface area contributed by atoms with Gasteiger partial charge in [-0.1, -0.05) is 55.3 Å². The summed E-state index contributed by atoms with van der Waals surface area (Å²) in [6.07, 6.45) is 7.03. The van der Waals surface area contributed by atoms with E-state index in [1.54, 1.807) is 12.3 Å². The van der Waals surface area contributed by atoms with Gasteiger partial charge in [0.1, 0.15) is 0 Å². The normalized spacial score (nSPS) is 22.4.